The predicted molar refractivity (Wildman–Crippen MR) is 106 cm³/mol. The van der Waals surface area contributed by atoms with Gasteiger partial charge in [-0.25, -0.2) is 15.0 Å². The maximum absolute atomic E-state index is 11.5. The Kier molecular flexibility index (Phi) is 4.08. The largest absolute Gasteiger partial charge is 0.381 e. The zero-order chi connectivity index (χ0) is 19.3. The third-order valence-electron chi connectivity index (χ3n) is 6.08. The number of pyridine rings is 1. The van der Waals surface area contributed by atoms with Gasteiger partial charge in [-0.05, 0) is 25.7 Å². The maximum atomic E-state index is 11.5. The lowest BCUT2D eigenvalue weighted by atomic mass is 10.0. The van der Waals surface area contributed by atoms with Crippen molar-refractivity contribution in [2.75, 3.05) is 30.0 Å². The third kappa shape index (κ3) is 2.94. The van der Waals surface area contributed by atoms with Gasteiger partial charge in [0.25, 0.3) is 0 Å². The Morgan fingerprint density at radius 1 is 1.36 bits per heavy atom. The lowest BCUT2D eigenvalue weighted by Crippen LogP contribution is -2.22. The van der Waals surface area contributed by atoms with Crippen LogP contribution in [0.5, 0.6) is 0 Å². The summed E-state index contributed by atoms with van der Waals surface area (Å²) in [5.74, 6) is 2.58. The van der Waals surface area contributed by atoms with Crippen molar-refractivity contribution in [1.29, 1.82) is 0 Å². The monoisotopic (exact) mass is 379 g/mol. The number of ether oxygens (including phenoxy) is 1. The fraction of sp³-hybridized carbons (Fsp3) is 0.524. The summed E-state index contributed by atoms with van der Waals surface area (Å²) in [6.07, 6.45) is 6.12. The van der Waals surface area contributed by atoms with E-state index in [4.69, 9.17) is 14.7 Å². The molecule has 7 heteroatoms. The molecule has 1 N–H and O–H groups in total. The molecule has 2 fully saturated rings. The fourth-order valence-electron chi connectivity index (χ4n) is 4.32. The molecule has 1 amide bonds. The van der Waals surface area contributed by atoms with Gasteiger partial charge in [-0.2, -0.15) is 0 Å². The van der Waals surface area contributed by atoms with Gasteiger partial charge in [0, 0.05) is 61.0 Å². The molecule has 1 aliphatic carbocycles. The minimum absolute atomic E-state index is 0.114. The lowest BCUT2D eigenvalue weighted by Gasteiger charge is -2.21. The number of hydrogen-bond acceptors (Lipinski definition) is 6. The molecule has 28 heavy (non-hydrogen) atoms. The second-order valence-electron chi connectivity index (χ2n) is 8.12. The molecule has 0 radical (unpaired) electrons. The molecule has 1 spiro atoms. The van der Waals surface area contributed by atoms with Crippen LogP contribution in [-0.2, 0) is 21.4 Å². The van der Waals surface area contributed by atoms with Crippen LogP contribution in [0.4, 0.5) is 17.3 Å². The first kappa shape index (κ1) is 17.6. The SMILES string of the molecule is CCc1cc(N2CC3(CC3)c3cnc(NC(C)=O)cc32)nc([C@H]2CCOC2)n1. The second-order valence-corrected chi connectivity index (χ2v) is 8.12. The average molecular weight is 379 g/mol. The van der Waals surface area contributed by atoms with Crippen LogP contribution in [0.1, 0.15) is 56.1 Å². The summed E-state index contributed by atoms with van der Waals surface area (Å²) in [4.78, 5) is 28.0. The zero-order valence-corrected chi connectivity index (χ0v) is 16.4. The van der Waals surface area contributed by atoms with Crippen LogP contribution in [-0.4, -0.2) is 40.6 Å². The molecular weight excluding hydrogens is 354 g/mol. The molecule has 1 atom stereocenters. The van der Waals surface area contributed by atoms with E-state index in [0.717, 1.165) is 49.0 Å². The summed E-state index contributed by atoms with van der Waals surface area (Å²) in [6, 6.07) is 4.08. The Bertz CT molecular complexity index is 934. The van der Waals surface area contributed by atoms with Crippen molar-refractivity contribution < 1.29 is 9.53 Å². The van der Waals surface area contributed by atoms with E-state index in [9.17, 15) is 4.79 Å². The van der Waals surface area contributed by atoms with E-state index < -0.39 is 0 Å². The van der Waals surface area contributed by atoms with Crippen LogP contribution < -0.4 is 10.2 Å². The van der Waals surface area contributed by atoms with Crippen LogP contribution in [0, 0.1) is 0 Å². The molecule has 2 aromatic heterocycles. The van der Waals surface area contributed by atoms with E-state index in [2.05, 4.69) is 28.2 Å². The highest BCUT2D eigenvalue weighted by Crippen LogP contribution is 2.58. The normalized spacial score (nSPS) is 21.8. The summed E-state index contributed by atoms with van der Waals surface area (Å²) in [7, 11) is 0. The number of fused-ring (bicyclic) bond motifs is 2. The molecule has 0 unspecified atom stereocenters. The standard InChI is InChI=1S/C21H25N5O2/c1-3-15-8-19(25-20(24-15)14-4-7-28-11-14)26-12-21(5-6-21)16-10-22-18(9-17(16)26)23-13(2)27/h8-10,14H,3-7,11-12H2,1-2H3,(H,22,23,27)/t14-/m0/s1. The predicted octanol–water partition coefficient (Wildman–Crippen LogP) is 3.08. The molecule has 5 rings (SSSR count). The summed E-state index contributed by atoms with van der Waals surface area (Å²) in [5, 5.41) is 2.81. The molecule has 0 bridgehead atoms. The summed E-state index contributed by atoms with van der Waals surface area (Å²) in [6.45, 7) is 6.02. The van der Waals surface area contributed by atoms with Gasteiger partial charge in [0.2, 0.25) is 5.91 Å². The number of hydrogen-bond donors (Lipinski definition) is 1. The average Bonchev–Trinajstić information content (AvgIpc) is 3.13. The fourth-order valence-corrected chi connectivity index (χ4v) is 4.32. The van der Waals surface area contributed by atoms with Crippen LogP contribution in [0.25, 0.3) is 0 Å². The van der Waals surface area contributed by atoms with Crippen LogP contribution in [0.3, 0.4) is 0 Å². The number of aromatic nitrogens is 3. The summed E-state index contributed by atoms with van der Waals surface area (Å²) in [5.41, 5.74) is 3.61. The topological polar surface area (TPSA) is 80.2 Å². The highest BCUT2D eigenvalue weighted by Gasteiger charge is 2.52. The number of aryl methyl sites for hydroxylation is 1. The zero-order valence-electron chi connectivity index (χ0n) is 16.4. The van der Waals surface area contributed by atoms with E-state index in [0.29, 0.717) is 12.4 Å². The van der Waals surface area contributed by atoms with Gasteiger partial charge in [-0.3, -0.25) is 4.79 Å². The van der Waals surface area contributed by atoms with Crippen LogP contribution in [0.15, 0.2) is 18.3 Å². The Morgan fingerprint density at radius 3 is 2.89 bits per heavy atom. The molecule has 2 aromatic rings. The molecule has 146 valence electrons. The van der Waals surface area contributed by atoms with Gasteiger partial charge in [0.15, 0.2) is 0 Å². The van der Waals surface area contributed by atoms with Crippen molar-refractivity contribution >= 4 is 23.2 Å². The molecule has 0 aromatic carbocycles. The summed E-state index contributed by atoms with van der Waals surface area (Å²) < 4.78 is 5.56. The molecule has 1 saturated carbocycles. The number of amides is 1. The van der Waals surface area contributed by atoms with Gasteiger partial charge < -0.3 is 15.0 Å². The highest BCUT2D eigenvalue weighted by atomic mass is 16.5. The maximum Gasteiger partial charge on any atom is 0.222 e. The van der Waals surface area contributed by atoms with Crippen molar-refractivity contribution in [2.24, 2.45) is 0 Å². The van der Waals surface area contributed by atoms with Crippen molar-refractivity contribution in [3.8, 4) is 0 Å². The molecule has 2 aliphatic heterocycles. The van der Waals surface area contributed by atoms with Gasteiger partial charge in [-0.1, -0.05) is 6.92 Å². The van der Waals surface area contributed by atoms with E-state index >= 15 is 0 Å². The number of carbonyl (C=O) groups excluding carboxylic acids is 1. The minimum atomic E-state index is -0.114. The van der Waals surface area contributed by atoms with E-state index in [1.165, 1.54) is 25.3 Å². The van der Waals surface area contributed by atoms with Crippen molar-refractivity contribution in [3.63, 3.8) is 0 Å². The smallest absolute Gasteiger partial charge is 0.222 e. The number of nitrogens with zero attached hydrogens (tertiary/aromatic N) is 4. The van der Waals surface area contributed by atoms with Gasteiger partial charge in [-0.15, -0.1) is 0 Å². The third-order valence-corrected chi connectivity index (χ3v) is 6.08. The molecule has 3 aliphatic rings. The van der Waals surface area contributed by atoms with Crippen LogP contribution in [0.2, 0.25) is 0 Å². The number of carbonyl (C=O) groups is 1. The van der Waals surface area contributed by atoms with Gasteiger partial charge in [0.05, 0.1) is 12.3 Å². The first-order chi connectivity index (χ1) is 13.6. The first-order valence-corrected chi connectivity index (χ1v) is 10.1. The van der Waals surface area contributed by atoms with E-state index in [1.54, 1.807) is 0 Å². The van der Waals surface area contributed by atoms with Crippen LogP contribution >= 0.6 is 0 Å². The van der Waals surface area contributed by atoms with Gasteiger partial charge >= 0.3 is 0 Å². The Labute approximate surface area is 164 Å². The molecule has 7 nitrogen and oxygen atoms in total. The van der Waals surface area contributed by atoms with Crippen molar-refractivity contribution in [2.45, 2.75) is 50.9 Å². The Morgan fingerprint density at radius 2 is 2.21 bits per heavy atom. The van der Waals surface area contributed by atoms with Gasteiger partial charge in [0.1, 0.15) is 17.5 Å². The van der Waals surface area contributed by atoms with Crippen molar-refractivity contribution in [3.05, 3.63) is 35.4 Å². The molecule has 1 saturated heterocycles. The Hall–Kier alpha value is -2.54. The second kappa shape index (κ2) is 6.51. The Balaban J connectivity index is 1.57. The minimum Gasteiger partial charge on any atom is -0.381 e. The molecular formula is C21H25N5O2. The van der Waals surface area contributed by atoms with Crippen molar-refractivity contribution in [1.82, 2.24) is 15.0 Å². The highest BCUT2D eigenvalue weighted by molar-refractivity contribution is 5.89. The molecule has 4 heterocycles. The quantitative estimate of drug-likeness (QED) is 0.879. The van der Waals surface area contributed by atoms with E-state index in [-0.39, 0.29) is 17.2 Å². The summed E-state index contributed by atoms with van der Waals surface area (Å²) >= 11 is 0. The lowest BCUT2D eigenvalue weighted by molar-refractivity contribution is -0.114. The number of rotatable bonds is 4. The van der Waals surface area contributed by atoms with E-state index in [1.807, 2.05) is 12.3 Å². The first-order valence-electron chi connectivity index (χ1n) is 10.1. The number of anilines is 3. The number of nitrogens with one attached hydrogen (secondary N) is 1.